The summed E-state index contributed by atoms with van der Waals surface area (Å²) in [4.78, 5) is 26.8. The maximum Gasteiger partial charge on any atom is 0.410 e. The summed E-state index contributed by atoms with van der Waals surface area (Å²) in [6, 6.07) is 7.88. The fourth-order valence-electron chi connectivity index (χ4n) is 5.92. The molecule has 2 saturated heterocycles. The molecule has 0 saturated carbocycles. The number of carbonyl (C=O) groups excluding carboxylic acids is 1. The number of benzene rings is 1. The first-order valence-corrected chi connectivity index (χ1v) is 14.3. The van der Waals surface area contributed by atoms with E-state index in [0.717, 1.165) is 60.0 Å². The molecule has 216 valence electrons. The summed E-state index contributed by atoms with van der Waals surface area (Å²) in [7, 11) is 3.46. The molecule has 1 aromatic carbocycles. The molecule has 0 N–H and O–H groups in total. The van der Waals surface area contributed by atoms with Crippen LogP contribution in [0.15, 0.2) is 36.7 Å². The van der Waals surface area contributed by atoms with E-state index >= 15 is 0 Å². The fraction of sp³-hybridized carbons (Fsp3) is 0.467. The molecule has 2 atom stereocenters. The second-order valence-electron chi connectivity index (χ2n) is 11.9. The van der Waals surface area contributed by atoms with Crippen LogP contribution in [0.2, 0.25) is 5.02 Å². The molecule has 4 aromatic rings. The number of amides is 1. The number of methoxy groups -OCH3 is 1. The Bertz CT molecular complexity index is 1620. The maximum absolute atomic E-state index is 13.0. The third-order valence-electron chi connectivity index (χ3n) is 7.70. The third-order valence-corrected chi connectivity index (χ3v) is 8.01. The van der Waals surface area contributed by atoms with Crippen molar-refractivity contribution in [3.63, 3.8) is 0 Å². The number of aromatic nitrogens is 4. The van der Waals surface area contributed by atoms with Crippen LogP contribution in [-0.2, 0) is 16.5 Å². The van der Waals surface area contributed by atoms with Crippen LogP contribution >= 0.6 is 11.6 Å². The topological polar surface area (TPSA) is 94.8 Å². The first-order chi connectivity index (χ1) is 19.6. The zero-order chi connectivity index (χ0) is 28.9. The second kappa shape index (κ2) is 10.6. The molecule has 0 radical (unpaired) electrons. The molecule has 0 unspecified atom stereocenters. The molecule has 2 fully saturated rings. The van der Waals surface area contributed by atoms with E-state index in [-0.39, 0.29) is 18.9 Å². The number of pyridine rings is 2. The van der Waals surface area contributed by atoms with Crippen molar-refractivity contribution >= 4 is 45.3 Å². The predicted molar refractivity (Wildman–Crippen MR) is 158 cm³/mol. The summed E-state index contributed by atoms with van der Waals surface area (Å²) in [5.74, 6) is 0.989. The second-order valence-corrected chi connectivity index (χ2v) is 12.3. The first kappa shape index (κ1) is 27.5. The Labute approximate surface area is 244 Å². The number of piperidine rings is 1. The Morgan fingerprint density at radius 1 is 1.17 bits per heavy atom. The van der Waals surface area contributed by atoms with Crippen molar-refractivity contribution in [2.45, 2.75) is 45.3 Å². The van der Waals surface area contributed by atoms with E-state index in [1.165, 1.54) is 0 Å². The molecule has 1 amide bonds. The molecular weight excluding hydrogens is 544 g/mol. The van der Waals surface area contributed by atoms with Gasteiger partial charge in [0.2, 0.25) is 0 Å². The molecule has 2 aliphatic rings. The Morgan fingerprint density at radius 2 is 2.00 bits per heavy atom. The van der Waals surface area contributed by atoms with Gasteiger partial charge in [-0.2, -0.15) is 5.10 Å². The Kier molecular flexibility index (Phi) is 7.15. The van der Waals surface area contributed by atoms with Gasteiger partial charge in [-0.15, -0.1) is 0 Å². The number of hydrogen-bond acceptors (Lipinski definition) is 8. The number of anilines is 1. The van der Waals surface area contributed by atoms with Crippen LogP contribution < -0.4 is 9.64 Å². The highest BCUT2D eigenvalue weighted by Gasteiger charge is 2.42. The van der Waals surface area contributed by atoms with E-state index in [1.54, 1.807) is 11.8 Å². The summed E-state index contributed by atoms with van der Waals surface area (Å²) >= 11 is 6.87. The molecule has 41 heavy (non-hydrogen) atoms. The van der Waals surface area contributed by atoms with Crippen molar-refractivity contribution in [2.24, 2.45) is 13.0 Å². The summed E-state index contributed by atoms with van der Waals surface area (Å²) in [5, 5.41) is 6.78. The number of halogens is 1. The average Bonchev–Trinajstić information content (AvgIpc) is 3.52. The lowest BCUT2D eigenvalue weighted by molar-refractivity contribution is 0.00669. The van der Waals surface area contributed by atoms with E-state index in [9.17, 15) is 4.79 Å². The molecule has 0 bridgehead atoms. The molecule has 3 aromatic heterocycles. The van der Waals surface area contributed by atoms with Crippen LogP contribution in [0.5, 0.6) is 5.75 Å². The number of rotatable bonds is 5. The van der Waals surface area contributed by atoms with Gasteiger partial charge >= 0.3 is 6.09 Å². The van der Waals surface area contributed by atoms with Crippen molar-refractivity contribution in [2.75, 3.05) is 38.4 Å². The largest absolute Gasteiger partial charge is 0.467 e. The minimum Gasteiger partial charge on any atom is -0.467 e. The van der Waals surface area contributed by atoms with Crippen LogP contribution in [0.25, 0.3) is 33.2 Å². The number of hydrogen-bond donors (Lipinski definition) is 0. The molecule has 0 spiro atoms. The maximum atomic E-state index is 13.0. The summed E-state index contributed by atoms with van der Waals surface area (Å²) < 4.78 is 18.5. The normalized spacial score (nSPS) is 19.2. The van der Waals surface area contributed by atoms with Gasteiger partial charge in [0.15, 0.2) is 12.4 Å². The lowest BCUT2D eigenvalue weighted by Gasteiger charge is -2.37. The zero-order valence-corrected chi connectivity index (χ0v) is 24.8. The van der Waals surface area contributed by atoms with Gasteiger partial charge in [0.05, 0.1) is 34.2 Å². The number of likely N-dealkylation sites (tertiary alicyclic amines) is 1. The Morgan fingerprint density at radius 3 is 2.78 bits per heavy atom. The summed E-state index contributed by atoms with van der Waals surface area (Å²) in [6.07, 6.45) is 5.62. The molecule has 2 aliphatic heterocycles. The van der Waals surface area contributed by atoms with Crippen molar-refractivity contribution in [1.82, 2.24) is 24.6 Å². The Hall–Kier alpha value is -3.63. The SMILES string of the molecule is COCOc1cc2nn(C)cc2cc1-c1cc(Cl)c2cc(N3C[C@@H]4CCCN(C(=O)OC(C)(C)C)[C@@H]4C3)cnc2n1. The van der Waals surface area contributed by atoms with Crippen molar-refractivity contribution in [3.05, 3.63) is 41.7 Å². The number of ether oxygens (including phenoxy) is 3. The molecule has 0 aliphatic carbocycles. The van der Waals surface area contributed by atoms with Crippen LogP contribution in [0, 0.1) is 5.92 Å². The standard InChI is InChI=1S/C30H35ClN6O4/c1-30(2,3)41-29(38)37-8-6-7-18-15-36(16-26(18)37)20-10-21-23(31)11-25(33-28(21)32-13-20)22-9-19-14-35(4)34-24(19)12-27(22)40-17-39-5/h9-14,18,26H,6-8,15-17H2,1-5H3/t18-,26+/m0/s1. The highest BCUT2D eigenvalue weighted by molar-refractivity contribution is 6.35. The highest BCUT2D eigenvalue weighted by Crippen LogP contribution is 2.38. The number of fused-ring (bicyclic) bond motifs is 3. The number of aryl methyl sites for hydroxylation is 1. The molecule has 11 heteroatoms. The smallest absolute Gasteiger partial charge is 0.410 e. The lowest BCUT2D eigenvalue weighted by Crippen LogP contribution is -2.50. The van der Waals surface area contributed by atoms with Crippen LogP contribution in [-0.4, -0.2) is 75.9 Å². The van der Waals surface area contributed by atoms with E-state index in [1.807, 2.05) is 69.4 Å². The van der Waals surface area contributed by atoms with Gasteiger partial charge in [0.1, 0.15) is 11.4 Å². The monoisotopic (exact) mass is 578 g/mol. The van der Waals surface area contributed by atoms with Crippen LogP contribution in [0.1, 0.15) is 33.6 Å². The Balaban J connectivity index is 1.30. The van der Waals surface area contributed by atoms with E-state index in [0.29, 0.717) is 28.0 Å². The minimum absolute atomic E-state index is 0.0947. The molecule has 5 heterocycles. The van der Waals surface area contributed by atoms with E-state index in [4.69, 9.17) is 35.8 Å². The molecule has 10 nitrogen and oxygen atoms in total. The van der Waals surface area contributed by atoms with Crippen molar-refractivity contribution in [3.8, 4) is 17.0 Å². The van der Waals surface area contributed by atoms with Gasteiger partial charge in [-0.25, -0.2) is 14.8 Å². The minimum atomic E-state index is -0.520. The number of nitrogens with zero attached hydrogens (tertiary/aromatic N) is 6. The van der Waals surface area contributed by atoms with Crippen LogP contribution in [0.4, 0.5) is 10.5 Å². The van der Waals surface area contributed by atoms with Crippen molar-refractivity contribution < 1.29 is 19.0 Å². The van der Waals surface area contributed by atoms with E-state index < -0.39 is 5.60 Å². The van der Waals surface area contributed by atoms with Gasteiger partial charge in [0.25, 0.3) is 0 Å². The molecule has 6 rings (SSSR count). The van der Waals surface area contributed by atoms with E-state index in [2.05, 4.69) is 10.00 Å². The first-order valence-electron chi connectivity index (χ1n) is 13.9. The summed E-state index contributed by atoms with van der Waals surface area (Å²) in [6.45, 7) is 8.11. The van der Waals surface area contributed by atoms with Crippen molar-refractivity contribution in [1.29, 1.82) is 0 Å². The van der Waals surface area contributed by atoms with Gasteiger partial charge in [-0.05, 0) is 57.7 Å². The van der Waals surface area contributed by atoms with Gasteiger partial charge in [-0.1, -0.05) is 11.6 Å². The predicted octanol–water partition coefficient (Wildman–Crippen LogP) is 5.66. The fourth-order valence-corrected chi connectivity index (χ4v) is 6.17. The third kappa shape index (κ3) is 5.50. The van der Waals surface area contributed by atoms with Gasteiger partial charge in [0, 0.05) is 62.4 Å². The zero-order valence-electron chi connectivity index (χ0n) is 24.1. The lowest BCUT2D eigenvalue weighted by atomic mass is 9.92. The highest BCUT2D eigenvalue weighted by atomic mass is 35.5. The van der Waals surface area contributed by atoms with Crippen LogP contribution in [0.3, 0.4) is 0 Å². The average molecular weight is 579 g/mol. The summed E-state index contributed by atoms with van der Waals surface area (Å²) in [5.41, 5.74) is 3.24. The van der Waals surface area contributed by atoms with Gasteiger partial charge in [-0.3, -0.25) is 4.68 Å². The number of carbonyl (C=O) groups is 1. The molecular formula is C30H35ClN6O4. The van der Waals surface area contributed by atoms with Gasteiger partial charge < -0.3 is 24.0 Å². The quantitative estimate of drug-likeness (QED) is 0.280.